The van der Waals surface area contributed by atoms with Crippen LogP contribution >= 0.6 is 23.4 Å². The fourth-order valence-corrected chi connectivity index (χ4v) is 3.96. The maximum absolute atomic E-state index is 12.0. The second kappa shape index (κ2) is 9.31. The Morgan fingerprint density at radius 2 is 2.09 bits per heavy atom. The minimum Gasteiger partial charge on any atom is -0.479 e. The molecule has 3 nitrogen and oxygen atoms in total. The summed E-state index contributed by atoms with van der Waals surface area (Å²) < 4.78 is 5.60. The molecule has 0 aliphatic heterocycles. The minimum absolute atomic E-state index is 0.0934. The molecule has 1 aliphatic rings. The van der Waals surface area contributed by atoms with Gasteiger partial charge in [-0.15, -0.1) is 0 Å². The summed E-state index contributed by atoms with van der Waals surface area (Å²) in [7, 11) is 0. The predicted octanol–water partition coefficient (Wildman–Crippen LogP) is 4.29. The van der Waals surface area contributed by atoms with E-state index in [-0.39, 0.29) is 5.91 Å². The maximum Gasteiger partial charge on any atom is 0.260 e. The highest BCUT2D eigenvalue weighted by atomic mass is 35.5. The first-order valence-corrected chi connectivity index (χ1v) is 9.40. The Balaban J connectivity index is 1.65. The summed E-state index contributed by atoms with van der Waals surface area (Å²) in [6.07, 6.45) is 6.19. The third kappa shape index (κ3) is 5.73. The Kier molecular flexibility index (Phi) is 7.40. The van der Waals surface area contributed by atoms with Crippen molar-refractivity contribution in [3.63, 3.8) is 0 Å². The van der Waals surface area contributed by atoms with Crippen LogP contribution in [0.2, 0.25) is 5.02 Å². The molecule has 0 spiro atoms. The zero-order valence-electron chi connectivity index (χ0n) is 13.0. The Labute approximate surface area is 142 Å². The molecule has 0 bridgehead atoms. The lowest BCUT2D eigenvalue weighted by Gasteiger charge is -2.21. The van der Waals surface area contributed by atoms with Crippen LogP contribution in [-0.4, -0.2) is 29.6 Å². The van der Waals surface area contributed by atoms with Crippen LogP contribution in [0.25, 0.3) is 0 Å². The van der Waals surface area contributed by atoms with E-state index in [1.165, 1.54) is 32.1 Å². The summed E-state index contributed by atoms with van der Waals surface area (Å²) >= 11 is 8.01. The van der Waals surface area contributed by atoms with Crippen LogP contribution in [0, 0.1) is 0 Å². The van der Waals surface area contributed by atoms with E-state index in [1.54, 1.807) is 19.1 Å². The fraction of sp³-hybridized carbons (Fsp3) is 0.588. The third-order valence-corrected chi connectivity index (χ3v) is 5.51. The number of ether oxygens (including phenoxy) is 1. The number of benzene rings is 1. The first-order chi connectivity index (χ1) is 10.7. The van der Waals surface area contributed by atoms with E-state index in [0.29, 0.717) is 17.3 Å². The zero-order valence-corrected chi connectivity index (χ0v) is 14.6. The van der Waals surface area contributed by atoms with Crippen molar-refractivity contribution >= 4 is 29.3 Å². The van der Waals surface area contributed by atoms with Gasteiger partial charge >= 0.3 is 0 Å². The number of carbonyl (C=O) groups is 1. The lowest BCUT2D eigenvalue weighted by molar-refractivity contribution is -0.127. The van der Waals surface area contributed by atoms with Crippen molar-refractivity contribution < 1.29 is 9.53 Å². The van der Waals surface area contributed by atoms with Crippen molar-refractivity contribution in [1.82, 2.24) is 5.32 Å². The van der Waals surface area contributed by atoms with E-state index >= 15 is 0 Å². The molecule has 5 heteroatoms. The monoisotopic (exact) mass is 341 g/mol. The molecular formula is C17H24ClNO2S. The predicted molar refractivity (Wildman–Crippen MR) is 93.9 cm³/mol. The van der Waals surface area contributed by atoms with Gasteiger partial charge in [0.25, 0.3) is 5.91 Å². The molecule has 2 rings (SSSR count). The van der Waals surface area contributed by atoms with Gasteiger partial charge in [0.2, 0.25) is 0 Å². The third-order valence-electron chi connectivity index (χ3n) is 3.82. The van der Waals surface area contributed by atoms with Gasteiger partial charge in [-0.1, -0.05) is 43.0 Å². The molecule has 1 aromatic carbocycles. The summed E-state index contributed by atoms with van der Waals surface area (Å²) in [5, 5.41) is 4.24. The van der Waals surface area contributed by atoms with Crippen LogP contribution in [-0.2, 0) is 4.79 Å². The molecule has 1 fully saturated rings. The maximum atomic E-state index is 12.0. The summed E-state index contributed by atoms with van der Waals surface area (Å²) in [6, 6.07) is 7.20. The van der Waals surface area contributed by atoms with E-state index in [1.807, 2.05) is 23.9 Å². The number of para-hydroxylation sites is 1. The summed E-state index contributed by atoms with van der Waals surface area (Å²) in [4.78, 5) is 12.0. The number of rotatable bonds is 7. The molecule has 1 amide bonds. The van der Waals surface area contributed by atoms with Crippen molar-refractivity contribution in [2.24, 2.45) is 0 Å². The molecule has 0 aromatic heterocycles. The molecule has 0 saturated heterocycles. The highest BCUT2D eigenvalue weighted by molar-refractivity contribution is 7.99. The van der Waals surface area contributed by atoms with Gasteiger partial charge in [0.15, 0.2) is 6.10 Å². The number of hydrogen-bond acceptors (Lipinski definition) is 3. The number of nitrogens with one attached hydrogen (secondary N) is 1. The average Bonchev–Trinajstić information content (AvgIpc) is 2.54. The number of amides is 1. The Bertz CT molecular complexity index is 477. The largest absolute Gasteiger partial charge is 0.479 e. The van der Waals surface area contributed by atoms with E-state index in [2.05, 4.69) is 5.32 Å². The molecule has 1 aliphatic carbocycles. The normalized spacial score (nSPS) is 17.0. The van der Waals surface area contributed by atoms with Crippen molar-refractivity contribution in [2.45, 2.75) is 50.4 Å². The van der Waals surface area contributed by atoms with E-state index in [0.717, 1.165) is 11.0 Å². The van der Waals surface area contributed by atoms with Crippen molar-refractivity contribution in [3.05, 3.63) is 29.3 Å². The van der Waals surface area contributed by atoms with Gasteiger partial charge < -0.3 is 10.1 Å². The van der Waals surface area contributed by atoms with Crippen molar-refractivity contribution in [1.29, 1.82) is 0 Å². The topological polar surface area (TPSA) is 38.3 Å². The van der Waals surface area contributed by atoms with Gasteiger partial charge in [-0.3, -0.25) is 4.79 Å². The highest BCUT2D eigenvalue weighted by Gasteiger charge is 2.16. The second-order valence-electron chi connectivity index (χ2n) is 5.61. The Morgan fingerprint density at radius 3 is 2.82 bits per heavy atom. The van der Waals surface area contributed by atoms with Crippen LogP contribution in [0.1, 0.15) is 39.0 Å². The van der Waals surface area contributed by atoms with Crippen LogP contribution < -0.4 is 10.1 Å². The molecule has 22 heavy (non-hydrogen) atoms. The highest BCUT2D eigenvalue weighted by Crippen LogP contribution is 2.27. The van der Waals surface area contributed by atoms with E-state index in [9.17, 15) is 4.79 Å². The first-order valence-electron chi connectivity index (χ1n) is 7.97. The van der Waals surface area contributed by atoms with Crippen molar-refractivity contribution in [2.75, 3.05) is 12.3 Å². The lowest BCUT2D eigenvalue weighted by atomic mass is 10.0. The molecule has 1 aromatic rings. The number of hydrogen-bond donors (Lipinski definition) is 1. The summed E-state index contributed by atoms with van der Waals surface area (Å²) in [6.45, 7) is 2.43. The number of carbonyl (C=O) groups excluding carboxylic acids is 1. The second-order valence-corrected chi connectivity index (χ2v) is 7.43. The SMILES string of the molecule is C[C@H](Oc1ccccc1Cl)C(=O)NCCSC1CCCCC1. The standard InChI is InChI=1S/C17H24ClNO2S/c1-13(21-16-10-6-5-9-15(16)18)17(20)19-11-12-22-14-7-3-2-4-8-14/h5-6,9-10,13-14H,2-4,7-8,11-12H2,1H3,(H,19,20)/t13-/m0/s1. The first kappa shape index (κ1) is 17.5. The fourth-order valence-electron chi connectivity index (χ4n) is 2.56. The quantitative estimate of drug-likeness (QED) is 0.752. The van der Waals surface area contributed by atoms with Gasteiger partial charge in [-0.25, -0.2) is 0 Å². The molecule has 1 saturated carbocycles. The molecule has 122 valence electrons. The summed E-state index contributed by atoms with van der Waals surface area (Å²) in [5.74, 6) is 1.42. The zero-order chi connectivity index (χ0) is 15.8. The van der Waals surface area contributed by atoms with E-state index in [4.69, 9.17) is 16.3 Å². The van der Waals surface area contributed by atoms with E-state index < -0.39 is 6.10 Å². The Hall–Kier alpha value is -0.870. The lowest BCUT2D eigenvalue weighted by Crippen LogP contribution is -2.37. The van der Waals surface area contributed by atoms with Crippen LogP contribution in [0.4, 0.5) is 0 Å². The number of thioether (sulfide) groups is 1. The molecule has 0 heterocycles. The van der Waals surface area contributed by atoms with Gasteiger partial charge in [0.05, 0.1) is 5.02 Å². The smallest absolute Gasteiger partial charge is 0.260 e. The molecule has 0 unspecified atom stereocenters. The molecule has 0 radical (unpaired) electrons. The molecule has 1 N–H and O–H groups in total. The summed E-state index contributed by atoms with van der Waals surface area (Å²) in [5.41, 5.74) is 0. The van der Waals surface area contributed by atoms with Gasteiger partial charge in [-0.05, 0) is 31.9 Å². The van der Waals surface area contributed by atoms with Gasteiger partial charge in [0, 0.05) is 17.5 Å². The molecular weight excluding hydrogens is 318 g/mol. The molecule has 1 atom stereocenters. The average molecular weight is 342 g/mol. The van der Waals surface area contributed by atoms with Crippen LogP contribution in [0.5, 0.6) is 5.75 Å². The van der Waals surface area contributed by atoms with Gasteiger partial charge in [0.1, 0.15) is 5.75 Å². The van der Waals surface area contributed by atoms with Gasteiger partial charge in [-0.2, -0.15) is 11.8 Å². The van der Waals surface area contributed by atoms with Crippen LogP contribution in [0.3, 0.4) is 0 Å². The van der Waals surface area contributed by atoms with Crippen molar-refractivity contribution in [3.8, 4) is 5.75 Å². The number of halogens is 1. The van der Waals surface area contributed by atoms with Crippen LogP contribution in [0.15, 0.2) is 24.3 Å². The minimum atomic E-state index is -0.542. The Morgan fingerprint density at radius 1 is 1.36 bits per heavy atom.